The van der Waals surface area contributed by atoms with Crippen molar-refractivity contribution in [1.82, 2.24) is 10.3 Å². The lowest BCUT2D eigenvalue weighted by molar-refractivity contribution is 0.0932. The number of aryl methyl sites for hydroxylation is 1. The SMILES string of the molecule is O=C(N[C@H]1CCCc2ccccc21)c1cncc(Br)c1. The smallest absolute Gasteiger partial charge is 0.253 e. The van der Waals surface area contributed by atoms with Crippen molar-refractivity contribution in [3.8, 4) is 0 Å². The number of carbonyl (C=O) groups is 1. The van der Waals surface area contributed by atoms with Gasteiger partial charge >= 0.3 is 0 Å². The summed E-state index contributed by atoms with van der Waals surface area (Å²) in [6, 6.07) is 10.2. The van der Waals surface area contributed by atoms with Crippen LogP contribution in [0, 0.1) is 0 Å². The lowest BCUT2D eigenvalue weighted by Gasteiger charge is -2.26. The molecule has 1 amide bonds. The summed E-state index contributed by atoms with van der Waals surface area (Å²) in [6.07, 6.45) is 6.46. The Morgan fingerprint density at radius 3 is 3.00 bits per heavy atom. The Labute approximate surface area is 126 Å². The maximum Gasteiger partial charge on any atom is 0.253 e. The molecule has 1 aliphatic carbocycles. The van der Waals surface area contributed by atoms with Crippen LogP contribution in [0.3, 0.4) is 0 Å². The molecule has 3 rings (SSSR count). The van der Waals surface area contributed by atoms with E-state index in [1.165, 1.54) is 11.1 Å². The molecule has 1 aromatic carbocycles. The highest BCUT2D eigenvalue weighted by Crippen LogP contribution is 2.29. The van der Waals surface area contributed by atoms with E-state index < -0.39 is 0 Å². The van der Waals surface area contributed by atoms with Crippen LogP contribution in [0.15, 0.2) is 47.2 Å². The lowest BCUT2D eigenvalue weighted by Crippen LogP contribution is -2.31. The van der Waals surface area contributed by atoms with E-state index in [2.05, 4.69) is 44.4 Å². The molecule has 3 nitrogen and oxygen atoms in total. The van der Waals surface area contributed by atoms with Crippen LogP contribution in [0.2, 0.25) is 0 Å². The van der Waals surface area contributed by atoms with Crippen LogP contribution >= 0.6 is 15.9 Å². The Morgan fingerprint density at radius 2 is 2.15 bits per heavy atom. The van der Waals surface area contributed by atoms with Gasteiger partial charge in [-0.25, -0.2) is 0 Å². The summed E-state index contributed by atoms with van der Waals surface area (Å²) >= 11 is 3.34. The van der Waals surface area contributed by atoms with Gasteiger partial charge in [0.25, 0.3) is 5.91 Å². The standard InChI is InChI=1S/C16H15BrN2O/c17-13-8-12(9-18-10-13)16(20)19-15-7-3-5-11-4-1-2-6-14(11)15/h1-2,4,6,8-10,15H,3,5,7H2,(H,19,20)/t15-/m0/s1. The van der Waals surface area contributed by atoms with Gasteiger partial charge in [-0.05, 0) is 52.4 Å². The Morgan fingerprint density at radius 1 is 1.30 bits per heavy atom. The predicted octanol–water partition coefficient (Wildman–Crippen LogP) is 3.65. The van der Waals surface area contributed by atoms with E-state index in [-0.39, 0.29) is 11.9 Å². The number of rotatable bonds is 2. The van der Waals surface area contributed by atoms with Crippen LogP contribution in [0.1, 0.15) is 40.4 Å². The average Bonchev–Trinajstić information content (AvgIpc) is 2.47. The molecule has 0 bridgehead atoms. The van der Waals surface area contributed by atoms with Gasteiger partial charge in [0.1, 0.15) is 0 Å². The van der Waals surface area contributed by atoms with Crippen molar-refractivity contribution < 1.29 is 4.79 Å². The summed E-state index contributed by atoms with van der Waals surface area (Å²) in [5.41, 5.74) is 3.17. The van der Waals surface area contributed by atoms with E-state index in [9.17, 15) is 4.79 Å². The second kappa shape index (κ2) is 5.75. The van der Waals surface area contributed by atoms with Gasteiger partial charge in [-0.3, -0.25) is 9.78 Å². The first-order chi connectivity index (χ1) is 9.74. The van der Waals surface area contributed by atoms with Gasteiger partial charge in [0.2, 0.25) is 0 Å². The quantitative estimate of drug-likeness (QED) is 0.913. The summed E-state index contributed by atoms with van der Waals surface area (Å²) in [7, 11) is 0. The minimum Gasteiger partial charge on any atom is -0.345 e. The number of fused-ring (bicyclic) bond motifs is 1. The van der Waals surface area contributed by atoms with Gasteiger partial charge in [0, 0.05) is 16.9 Å². The summed E-state index contributed by atoms with van der Waals surface area (Å²) in [5, 5.41) is 3.12. The molecule has 1 heterocycles. The number of aromatic nitrogens is 1. The van der Waals surface area contributed by atoms with Gasteiger partial charge < -0.3 is 5.32 Å². The highest BCUT2D eigenvalue weighted by atomic mass is 79.9. The van der Waals surface area contributed by atoms with E-state index in [1.807, 2.05) is 6.07 Å². The molecule has 4 heteroatoms. The molecular weight excluding hydrogens is 316 g/mol. The molecule has 1 aliphatic rings. The van der Waals surface area contributed by atoms with E-state index in [4.69, 9.17) is 0 Å². The van der Waals surface area contributed by atoms with Gasteiger partial charge in [0.05, 0.1) is 11.6 Å². The van der Waals surface area contributed by atoms with Gasteiger partial charge in [0.15, 0.2) is 0 Å². The summed E-state index contributed by atoms with van der Waals surface area (Å²) in [6.45, 7) is 0. The molecule has 0 fully saturated rings. The van der Waals surface area contributed by atoms with Crippen molar-refractivity contribution in [2.75, 3.05) is 0 Å². The van der Waals surface area contributed by atoms with E-state index >= 15 is 0 Å². The number of nitrogens with zero attached hydrogens (tertiary/aromatic N) is 1. The van der Waals surface area contributed by atoms with Crippen molar-refractivity contribution in [3.63, 3.8) is 0 Å². The van der Waals surface area contributed by atoms with Gasteiger partial charge in [-0.2, -0.15) is 0 Å². The lowest BCUT2D eigenvalue weighted by atomic mass is 9.87. The zero-order valence-electron chi connectivity index (χ0n) is 11.0. The fraction of sp³-hybridized carbons (Fsp3) is 0.250. The normalized spacial score (nSPS) is 17.4. The highest BCUT2D eigenvalue weighted by Gasteiger charge is 2.21. The van der Waals surface area contributed by atoms with Gasteiger partial charge in [-0.1, -0.05) is 24.3 Å². The Hall–Kier alpha value is -1.68. The van der Waals surface area contributed by atoms with Crippen molar-refractivity contribution in [3.05, 3.63) is 63.9 Å². The molecule has 102 valence electrons. The van der Waals surface area contributed by atoms with Crippen LogP contribution in [0.4, 0.5) is 0 Å². The number of pyridine rings is 1. The van der Waals surface area contributed by atoms with Crippen LogP contribution in [0.5, 0.6) is 0 Å². The van der Waals surface area contributed by atoms with Crippen molar-refractivity contribution in [2.24, 2.45) is 0 Å². The van der Waals surface area contributed by atoms with Gasteiger partial charge in [-0.15, -0.1) is 0 Å². The largest absolute Gasteiger partial charge is 0.345 e. The zero-order valence-corrected chi connectivity index (χ0v) is 12.6. The third-order valence-electron chi connectivity index (χ3n) is 3.64. The molecule has 0 unspecified atom stereocenters. The van der Waals surface area contributed by atoms with Crippen molar-refractivity contribution in [1.29, 1.82) is 0 Å². The van der Waals surface area contributed by atoms with E-state index in [0.717, 1.165) is 23.7 Å². The second-order valence-electron chi connectivity index (χ2n) is 5.01. The number of carbonyl (C=O) groups excluding carboxylic acids is 1. The number of hydrogen-bond acceptors (Lipinski definition) is 2. The van der Waals surface area contributed by atoms with Crippen LogP contribution in [-0.2, 0) is 6.42 Å². The Balaban J connectivity index is 1.81. The van der Waals surface area contributed by atoms with Crippen LogP contribution < -0.4 is 5.32 Å². The molecule has 0 radical (unpaired) electrons. The van der Waals surface area contributed by atoms with E-state index in [0.29, 0.717) is 5.56 Å². The van der Waals surface area contributed by atoms with Crippen molar-refractivity contribution >= 4 is 21.8 Å². The Bertz CT molecular complexity index is 642. The summed E-state index contributed by atoms with van der Waals surface area (Å²) in [5.74, 6) is -0.0690. The number of nitrogens with one attached hydrogen (secondary N) is 1. The average molecular weight is 331 g/mol. The number of amides is 1. The molecule has 20 heavy (non-hydrogen) atoms. The predicted molar refractivity (Wildman–Crippen MR) is 81.5 cm³/mol. The molecule has 0 saturated heterocycles. The number of benzene rings is 1. The molecule has 1 aromatic heterocycles. The number of hydrogen-bond donors (Lipinski definition) is 1. The maximum absolute atomic E-state index is 12.3. The van der Waals surface area contributed by atoms with Crippen molar-refractivity contribution in [2.45, 2.75) is 25.3 Å². The first-order valence-electron chi connectivity index (χ1n) is 6.73. The third kappa shape index (κ3) is 2.75. The minimum absolute atomic E-state index is 0.0690. The molecule has 0 spiro atoms. The monoisotopic (exact) mass is 330 g/mol. The molecule has 1 atom stereocenters. The van der Waals surface area contributed by atoms with Crippen LogP contribution in [-0.4, -0.2) is 10.9 Å². The van der Waals surface area contributed by atoms with Crippen LogP contribution in [0.25, 0.3) is 0 Å². The zero-order chi connectivity index (χ0) is 13.9. The fourth-order valence-corrected chi connectivity index (χ4v) is 3.05. The number of halogens is 1. The first kappa shape index (κ1) is 13.3. The molecule has 2 aromatic rings. The topological polar surface area (TPSA) is 42.0 Å². The van der Waals surface area contributed by atoms with E-state index in [1.54, 1.807) is 18.5 Å². The Kier molecular flexibility index (Phi) is 3.83. The summed E-state index contributed by atoms with van der Waals surface area (Å²) < 4.78 is 0.814. The molecule has 0 saturated carbocycles. The first-order valence-corrected chi connectivity index (χ1v) is 7.52. The third-order valence-corrected chi connectivity index (χ3v) is 4.08. The summed E-state index contributed by atoms with van der Waals surface area (Å²) in [4.78, 5) is 16.3. The fourth-order valence-electron chi connectivity index (χ4n) is 2.68. The molecule has 0 aliphatic heterocycles. The maximum atomic E-state index is 12.3. The minimum atomic E-state index is -0.0690. The highest BCUT2D eigenvalue weighted by molar-refractivity contribution is 9.10. The second-order valence-corrected chi connectivity index (χ2v) is 5.92. The molecule has 1 N–H and O–H groups in total. The molecular formula is C16H15BrN2O.